The molecule has 1 heterocycles. The summed E-state index contributed by atoms with van der Waals surface area (Å²) in [7, 11) is 1.34. The van der Waals surface area contributed by atoms with Crippen LogP contribution in [-0.4, -0.2) is 24.1 Å². The van der Waals surface area contributed by atoms with Crippen molar-refractivity contribution in [2.24, 2.45) is 5.73 Å². The lowest BCUT2D eigenvalue weighted by molar-refractivity contribution is -0.143. The van der Waals surface area contributed by atoms with E-state index in [0.29, 0.717) is 0 Å². The van der Waals surface area contributed by atoms with Gasteiger partial charge in [0, 0.05) is 16.5 Å². The van der Waals surface area contributed by atoms with Crippen LogP contribution in [0.15, 0.2) is 6.20 Å². The average Bonchev–Trinajstić information content (AvgIpc) is 2.63. The van der Waals surface area contributed by atoms with Gasteiger partial charge in [-0.25, -0.2) is 4.98 Å². The molecule has 1 unspecified atom stereocenters. The predicted octanol–water partition coefficient (Wildman–Crippen LogP) is 1.23. The third-order valence-corrected chi connectivity index (χ3v) is 3.74. The van der Waals surface area contributed by atoms with E-state index in [4.69, 9.17) is 5.73 Å². The van der Waals surface area contributed by atoms with Gasteiger partial charge >= 0.3 is 5.97 Å². The fourth-order valence-electron chi connectivity index (χ4n) is 1.23. The van der Waals surface area contributed by atoms with Crippen molar-refractivity contribution in [1.29, 1.82) is 0 Å². The molecule has 0 aliphatic carbocycles. The second-order valence-corrected chi connectivity index (χ2v) is 5.20. The number of methoxy groups -OCH3 is 1. The van der Waals surface area contributed by atoms with Gasteiger partial charge in [-0.15, -0.1) is 11.3 Å². The highest BCUT2D eigenvalue weighted by Crippen LogP contribution is 2.30. The number of aryl methyl sites for hydroxylation is 1. The number of aromatic nitrogens is 1. The SMILES string of the molecule is COC(=O)C(N)C(C)(C)c1cnc(C)s1. The van der Waals surface area contributed by atoms with Crippen LogP contribution in [0.2, 0.25) is 0 Å². The summed E-state index contributed by atoms with van der Waals surface area (Å²) in [6, 6.07) is -0.664. The first-order valence-corrected chi connectivity index (χ1v) is 5.47. The van der Waals surface area contributed by atoms with Crippen molar-refractivity contribution in [2.75, 3.05) is 7.11 Å². The Balaban J connectivity index is 2.96. The zero-order chi connectivity index (χ0) is 11.6. The normalized spacial score (nSPS) is 13.7. The molecule has 0 amide bonds. The molecule has 0 aromatic carbocycles. The first-order chi connectivity index (χ1) is 6.89. The van der Waals surface area contributed by atoms with Gasteiger partial charge in [0.05, 0.1) is 12.1 Å². The number of hydrogen-bond acceptors (Lipinski definition) is 5. The molecule has 2 N–H and O–H groups in total. The van der Waals surface area contributed by atoms with Gasteiger partial charge in [-0.3, -0.25) is 4.79 Å². The van der Waals surface area contributed by atoms with Gasteiger partial charge < -0.3 is 10.5 Å². The zero-order valence-corrected chi connectivity index (χ0v) is 10.2. The van der Waals surface area contributed by atoms with Crippen molar-refractivity contribution in [3.63, 3.8) is 0 Å². The van der Waals surface area contributed by atoms with Crippen LogP contribution in [0.1, 0.15) is 23.7 Å². The molecule has 0 radical (unpaired) electrons. The summed E-state index contributed by atoms with van der Waals surface area (Å²) >= 11 is 1.55. The molecular formula is C10H16N2O2S. The minimum Gasteiger partial charge on any atom is -0.468 e. The first kappa shape index (κ1) is 12.1. The molecule has 0 saturated heterocycles. The van der Waals surface area contributed by atoms with E-state index >= 15 is 0 Å². The van der Waals surface area contributed by atoms with E-state index in [1.54, 1.807) is 17.5 Å². The number of hydrogen-bond donors (Lipinski definition) is 1. The summed E-state index contributed by atoms with van der Waals surface area (Å²) in [5.74, 6) is -0.397. The van der Waals surface area contributed by atoms with Crippen LogP contribution in [0, 0.1) is 6.92 Å². The summed E-state index contributed by atoms with van der Waals surface area (Å²) in [4.78, 5) is 16.5. The lowest BCUT2D eigenvalue weighted by Crippen LogP contribution is -2.47. The van der Waals surface area contributed by atoms with Crippen molar-refractivity contribution < 1.29 is 9.53 Å². The largest absolute Gasteiger partial charge is 0.468 e. The third kappa shape index (κ3) is 2.35. The minimum atomic E-state index is -0.664. The van der Waals surface area contributed by atoms with Gasteiger partial charge in [-0.1, -0.05) is 13.8 Å². The van der Waals surface area contributed by atoms with Crippen LogP contribution in [0.4, 0.5) is 0 Å². The number of carbonyl (C=O) groups excluding carboxylic acids is 1. The number of ether oxygens (including phenoxy) is 1. The molecular weight excluding hydrogens is 212 g/mol. The van der Waals surface area contributed by atoms with E-state index in [9.17, 15) is 4.79 Å². The van der Waals surface area contributed by atoms with Crippen LogP contribution in [0.5, 0.6) is 0 Å². The van der Waals surface area contributed by atoms with Crippen LogP contribution in [0.3, 0.4) is 0 Å². The number of nitrogens with two attached hydrogens (primary N) is 1. The lowest BCUT2D eigenvalue weighted by atomic mass is 9.84. The van der Waals surface area contributed by atoms with E-state index in [1.165, 1.54) is 7.11 Å². The molecule has 5 heteroatoms. The second-order valence-electron chi connectivity index (χ2n) is 3.97. The number of carbonyl (C=O) groups is 1. The van der Waals surface area contributed by atoms with Crippen LogP contribution < -0.4 is 5.73 Å². The molecule has 1 aromatic heterocycles. The van der Waals surface area contributed by atoms with E-state index in [0.717, 1.165) is 9.88 Å². The van der Waals surface area contributed by atoms with Gasteiger partial charge in [-0.2, -0.15) is 0 Å². The summed E-state index contributed by atoms with van der Waals surface area (Å²) in [5.41, 5.74) is 5.41. The number of thiazole rings is 1. The van der Waals surface area contributed by atoms with E-state index < -0.39 is 17.4 Å². The maximum atomic E-state index is 11.4. The Morgan fingerprint density at radius 2 is 2.27 bits per heavy atom. The van der Waals surface area contributed by atoms with Crippen molar-refractivity contribution >= 4 is 17.3 Å². The van der Waals surface area contributed by atoms with Gasteiger partial charge in [0.25, 0.3) is 0 Å². The summed E-state index contributed by atoms with van der Waals surface area (Å²) < 4.78 is 4.65. The van der Waals surface area contributed by atoms with Crippen molar-refractivity contribution in [1.82, 2.24) is 4.98 Å². The van der Waals surface area contributed by atoms with Crippen LogP contribution in [-0.2, 0) is 14.9 Å². The predicted molar refractivity (Wildman–Crippen MR) is 59.9 cm³/mol. The molecule has 0 spiro atoms. The fraction of sp³-hybridized carbons (Fsp3) is 0.600. The molecule has 84 valence electrons. The Kier molecular flexibility index (Phi) is 3.46. The van der Waals surface area contributed by atoms with Gasteiger partial charge in [-0.05, 0) is 6.92 Å². The second kappa shape index (κ2) is 4.28. The smallest absolute Gasteiger partial charge is 0.323 e. The van der Waals surface area contributed by atoms with Crippen LogP contribution in [0.25, 0.3) is 0 Å². The Morgan fingerprint density at radius 3 is 2.67 bits per heavy atom. The number of nitrogens with zero attached hydrogens (tertiary/aromatic N) is 1. The minimum absolute atomic E-state index is 0.397. The maximum Gasteiger partial charge on any atom is 0.323 e. The summed E-state index contributed by atoms with van der Waals surface area (Å²) in [5, 5.41) is 0.968. The zero-order valence-electron chi connectivity index (χ0n) is 9.40. The Bertz CT molecular complexity index is 360. The Labute approximate surface area is 93.5 Å². The standard InChI is InChI=1S/C10H16N2O2S/c1-6-12-5-7(15-6)10(2,3)8(11)9(13)14-4/h5,8H,11H2,1-4H3. The molecule has 1 atom stereocenters. The molecule has 1 rings (SSSR count). The lowest BCUT2D eigenvalue weighted by Gasteiger charge is -2.27. The summed E-state index contributed by atoms with van der Waals surface area (Å²) in [6.45, 7) is 5.76. The highest BCUT2D eigenvalue weighted by Gasteiger charge is 2.35. The molecule has 0 fully saturated rings. The maximum absolute atomic E-state index is 11.4. The molecule has 15 heavy (non-hydrogen) atoms. The van der Waals surface area contributed by atoms with E-state index in [-0.39, 0.29) is 0 Å². The topological polar surface area (TPSA) is 65.2 Å². The molecule has 0 aliphatic heterocycles. The van der Waals surface area contributed by atoms with E-state index in [1.807, 2.05) is 20.8 Å². The summed E-state index contributed by atoms with van der Waals surface area (Å²) in [6.07, 6.45) is 1.77. The van der Waals surface area contributed by atoms with E-state index in [2.05, 4.69) is 9.72 Å². The molecule has 1 aromatic rings. The van der Waals surface area contributed by atoms with Gasteiger partial charge in [0.1, 0.15) is 6.04 Å². The number of rotatable bonds is 3. The van der Waals surface area contributed by atoms with Crippen molar-refractivity contribution in [3.8, 4) is 0 Å². The number of esters is 1. The highest BCUT2D eigenvalue weighted by molar-refractivity contribution is 7.11. The first-order valence-electron chi connectivity index (χ1n) is 4.66. The highest BCUT2D eigenvalue weighted by atomic mass is 32.1. The third-order valence-electron chi connectivity index (χ3n) is 2.49. The molecule has 4 nitrogen and oxygen atoms in total. The van der Waals surface area contributed by atoms with Gasteiger partial charge in [0.2, 0.25) is 0 Å². The van der Waals surface area contributed by atoms with Gasteiger partial charge in [0.15, 0.2) is 0 Å². The Hall–Kier alpha value is -0.940. The van der Waals surface area contributed by atoms with Crippen molar-refractivity contribution in [3.05, 3.63) is 16.1 Å². The average molecular weight is 228 g/mol. The fourth-order valence-corrected chi connectivity index (χ4v) is 2.15. The van der Waals surface area contributed by atoms with Crippen LogP contribution >= 0.6 is 11.3 Å². The van der Waals surface area contributed by atoms with Crippen molar-refractivity contribution in [2.45, 2.75) is 32.2 Å². The molecule has 0 saturated carbocycles. The Morgan fingerprint density at radius 1 is 1.67 bits per heavy atom. The quantitative estimate of drug-likeness (QED) is 0.790. The monoisotopic (exact) mass is 228 g/mol. The molecule has 0 bridgehead atoms. The molecule has 0 aliphatic rings.